The zero-order valence-electron chi connectivity index (χ0n) is 11.1. The predicted octanol–water partition coefficient (Wildman–Crippen LogP) is -0.537. The van der Waals surface area contributed by atoms with Crippen LogP contribution in [0.1, 0.15) is 26.7 Å². The molecule has 1 rings (SSSR count). The zero-order chi connectivity index (χ0) is 13.7. The molecule has 0 aromatic carbocycles. The fourth-order valence-corrected chi connectivity index (χ4v) is 2.13. The molecule has 6 nitrogen and oxygen atoms in total. The fraction of sp³-hybridized carbons (Fsp3) is 0.833. The molecule has 2 amide bonds. The average Bonchev–Trinajstić information content (AvgIpc) is 2.74. The molecule has 18 heavy (non-hydrogen) atoms. The van der Waals surface area contributed by atoms with Gasteiger partial charge in [0.25, 0.3) is 5.91 Å². The molecule has 0 spiro atoms. The Balaban J connectivity index is 2.61. The lowest BCUT2D eigenvalue weighted by atomic mass is 10.1. The van der Waals surface area contributed by atoms with Crippen LogP contribution in [0.3, 0.4) is 0 Å². The highest BCUT2D eigenvalue weighted by atomic mass is 16.5. The first-order valence-corrected chi connectivity index (χ1v) is 6.36. The van der Waals surface area contributed by atoms with Crippen LogP contribution in [-0.4, -0.2) is 48.6 Å². The molecule has 0 aliphatic carbocycles. The Bertz CT molecular complexity index is 307. The van der Waals surface area contributed by atoms with Gasteiger partial charge in [-0.15, -0.1) is 0 Å². The number of nitrogens with two attached hydrogens (primary N) is 2. The summed E-state index contributed by atoms with van der Waals surface area (Å²) in [6.45, 7) is 4.85. The van der Waals surface area contributed by atoms with Crippen molar-refractivity contribution >= 4 is 11.8 Å². The third-order valence-electron chi connectivity index (χ3n) is 2.89. The summed E-state index contributed by atoms with van der Waals surface area (Å²) in [6, 6.07) is 0. The predicted molar refractivity (Wildman–Crippen MR) is 67.6 cm³/mol. The molecule has 1 fully saturated rings. The molecule has 0 radical (unpaired) electrons. The number of ether oxygens (including phenoxy) is 1. The minimum atomic E-state index is -0.502. The lowest BCUT2D eigenvalue weighted by molar-refractivity contribution is -0.145. The molecule has 0 bridgehead atoms. The Kier molecular flexibility index (Phi) is 5.55. The highest BCUT2D eigenvalue weighted by molar-refractivity contribution is 5.86. The molecule has 0 saturated carbocycles. The first kappa shape index (κ1) is 14.9. The number of hydrogen-bond acceptors (Lipinski definition) is 4. The molecule has 2 unspecified atom stereocenters. The second-order valence-corrected chi connectivity index (χ2v) is 5.14. The summed E-state index contributed by atoms with van der Waals surface area (Å²) in [4.78, 5) is 24.7. The van der Waals surface area contributed by atoms with Gasteiger partial charge in [-0.25, -0.2) is 0 Å². The highest BCUT2D eigenvalue weighted by Gasteiger charge is 2.33. The van der Waals surface area contributed by atoms with E-state index in [1.54, 1.807) is 0 Å². The number of carbonyl (C=O) groups excluding carboxylic acids is 2. The quantitative estimate of drug-likeness (QED) is 0.667. The van der Waals surface area contributed by atoms with E-state index in [2.05, 4.69) is 0 Å². The number of nitrogens with zero attached hydrogens (tertiary/aromatic N) is 1. The number of amides is 2. The molecule has 1 heterocycles. The Morgan fingerprint density at radius 1 is 1.39 bits per heavy atom. The van der Waals surface area contributed by atoms with Crippen molar-refractivity contribution in [3.63, 3.8) is 0 Å². The number of primary amides is 1. The van der Waals surface area contributed by atoms with E-state index in [0.29, 0.717) is 19.5 Å². The fourth-order valence-electron chi connectivity index (χ4n) is 2.13. The van der Waals surface area contributed by atoms with E-state index in [-0.39, 0.29) is 24.5 Å². The molecule has 1 aliphatic rings. The molecule has 1 saturated heterocycles. The monoisotopic (exact) mass is 257 g/mol. The Labute approximate surface area is 108 Å². The van der Waals surface area contributed by atoms with Crippen molar-refractivity contribution in [2.24, 2.45) is 17.4 Å². The van der Waals surface area contributed by atoms with Gasteiger partial charge in [-0.05, 0) is 18.8 Å². The first-order chi connectivity index (χ1) is 8.43. The van der Waals surface area contributed by atoms with E-state index in [0.717, 1.165) is 6.42 Å². The summed E-state index contributed by atoms with van der Waals surface area (Å²) in [5, 5.41) is 0. The summed E-state index contributed by atoms with van der Waals surface area (Å²) in [6.07, 6.45) is 0.928. The largest absolute Gasteiger partial charge is 0.368 e. The summed E-state index contributed by atoms with van der Waals surface area (Å²) in [5.74, 6) is -0.379. The maximum Gasteiger partial charge on any atom is 0.252 e. The Morgan fingerprint density at radius 3 is 2.50 bits per heavy atom. The average molecular weight is 257 g/mol. The third-order valence-corrected chi connectivity index (χ3v) is 2.89. The van der Waals surface area contributed by atoms with Crippen molar-refractivity contribution in [3.05, 3.63) is 0 Å². The van der Waals surface area contributed by atoms with Crippen LogP contribution in [0.4, 0.5) is 0 Å². The van der Waals surface area contributed by atoms with Gasteiger partial charge in [0.05, 0.1) is 12.6 Å². The molecule has 0 aromatic heterocycles. The van der Waals surface area contributed by atoms with Crippen LogP contribution >= 0.6 is 0 Å². The Morgan fingerprint density at radius 2 is 2.06 bits per heavy atom. The molecule has 0 aromatic rings. The van der Waals surface area contributed by atoms with Crippen molar-refractivity contribution in [2.45, 2.75) is 38.9 Å². The first-order valence-electron chi connectivity index (χ1n) is 6.36. The molecule has 1 aliphatic heterocycles. The number of hydrogen-bond donors (Lipinski definition) is 2. The van der Waals surface area contributed by atoms with Gasteiger partial charge >= 0.3 is 0 Å². The van der Waals surface area contributed by atoms with Crippen LogP contribution in [0.25, 0.3) is 0 Å². The van der Waals surface area contributed by atoms with Crippen molar-refractivity contribution in [1.82, 2.24) is 4.90 Å². The third kappa shape index (κ3) is 4.27. The topological polar surface area (TPSA) is 98.7 Å². The molecular formula is C12H23N3O3. The van der Waals surface area contributed by atoms with E-state index in [9.17, 15) is 9.59 Å². The second kappa shape index (κ2) is 6.70. The van der Waals surface area contributed by atoms with E-state index in [4.69, 9.17) is 16.2 Å². The van der Waals surface area contributed by atoms with Crippen LogP contribution in [0.5, 0.6) is 0 Å². The van der Waals surface area contributed by atoms with E-state index in [1.807, 2.05) is 13.8 Å². The number of carbonyl (C=O) groups is 2. The van der Waals surface area contributed by atoms with Crippen LogP contribution in [0, 0.1) is 5.92 Å². The van der Waals surface area contributed by atoms with Gasteiger partial charge in [-0.1, -0.05) is 13.8 Å². The standard InChI is InChI=1S/C12H23N3O3/c1-8(2)6-15(7-11(14)16)12(17)10-4-3-9(5-13)18-10/h8-10H,3-7,13H2,1-2H3,(H2,14,16). The van der Waals surface area contributed by atoms with Gasteiger partial charge in [0.1, 0.15) is 6.10 Å². The smallest absolute Gasteiger partial charge is 0.252 e. The minimum Gasteiger partial charge on any atom is -0.368 e. The van der Waals surface area contributed by atoms with Crippen molar-refractivity contribution in [2.75, 3.05) is 19.6 Å². The van der Waals surface area contributed by atoms with Crippen molar-refractivity contribution < 1.29 is 14.3 Å². The van der Waals surface area contributed by atoms with Gasteiger partial charge < -0.3 is 21.1 Å². The summed E-state index contributed by atoms with van der Waals surface area (Å²) in [7, 11) is 0. The number of rotatable bonds is 6. The lowest BCUT2D eigenvalue weighted by Crippen LogP contribution is -2.45. The SMILES string of the molecule is CC(C)CN(CC(N)=O)C(=O)C1CCC(CN)O1. The van der Waals surface area contributed by atoms with Gasteiger partial charge in [0.15, 0.2) is 0 Å². The molecule has 104 valence electrons. The van der Waals surface area contributed by atoms with E-state index in [1.165, 1.54) is 4.90 Å². The molecule has 6 heteroatoms. The van der Waals surface area contributed by atoms with E-state index >= 15 is 0 Å². The van der Waals surface area contributed by atoms with Crippen molar-refractivity contribution in [3.8, 4) is 0 Å². The molecule has 2 atom stereocenters. The highest BCUT2D eigenvalue weighted by Crippen LogP contribution is 2.21. The van der Waals surface area contributed by atoms with Crippen LogP contribution in [0.2, 0.25) is 0 Å². The van der Waals surface area contributed by atoms with Gasteiger partial charge in [-0.2, -0.15) is 0 Å². The van der Waals surface area contributed by atoms with Gasteiger partial charge in [0.2, 0.25) is 5.91 Å². The Hall–Kier alpha value is -1.14. The molecule has 4 N–H and O–H groups in total. The van der Waals surface area contributed by atoms with Crippen LogP contribution in [-0.2, 0) is 14.3 Å². The van der Waals surface area contributed by atoms with Crippen LogP contribution < -0.4 is 11.5 Å². The second-order valence-electron chi connectivity index (χ2n) is 5.14. The van der Waals surface area contributed by atoms with Crippen LogP contribution in [0.15, 0.2) is 0 Å². The lowest BCUT2D eigenvalue weighted by Gasteiger charge is -2.26. The summed E-state index contributed by atoms with van der Waals surface area (Å²) >= 11 is 0. The zero-order valence-corrected chi connectivity index (χ0v) is 11.1. The minimum absolute atomic E-state index is 0.0478. The maximum atomic E-state index is 12.2. The normalized spacial score (nSPS) is 23.3. The maximum absolute atomic E-state index is 12.2. The summed E-state index contributed by atoms with van der Waals surface area (Å²) in [5.41, 5.74) is 10.7. The van der Waals surface area contributed by atoms with Gasteiger partial charge in [-0.3, -0.25) is 9.59 Å². The molecular weight excluding hydrogens is 234 g/mol. The van der Waals surface area contributed by atoms with Gasteiger partial charge in [0, 0.05) is 13.1 Å². The summed E-state index contributed by atoms with van der Waals surface area (Å²) < 4.78 is 5.55. The van der Waals surface area contributed by atoms with E-state index < -0.39 is 12.0 Å². The van der Waals surface area contributed by atoms with Crippen molar-refractivity contribution in [1.29, 1.82) is 0 Å².